The Balaban J connectivity index is 2.13. The Labute approximate surface area is 119 Å². The fourth-order valence-corrected chi connectivity index (χ4v) is 2.08. The molecule has 0 fully saturated rings. The highest BCUT2D eigenvalue weighted by molar-refractivity contribution is 5.73. The van der Waals surface area contributed by atoms with Gasteiger partial charge >= 0.3 is 0 Å². The molecule has 0 atom stereocenters. The van der Waals surface area contributed by atoms with Crippen molar-refractivity contribution in [2.24, 2.45) is 7.05 Å². The standard InChI is InChI=1S/C15H12F2N4/c1-21-15(10-7-11(16)12(17)8-13(10)18)19-14(20-21)9-5-3-2-4-6-9/h2-8H,18H2,1H3. The third-order valence-electron chi connectivity index (χ3n) is 3.13. The minimum absolute atomic E-state index is 0.115. The fourth-order valence-electron chi connectivity index (χ4n) is 2.08. The molecule has 0 aliphatic rings. The average Bonchev–Trinajstić information content (AvgIpc) is 2.86. The van der Waals surface area contributed by atoms with Crippen molar-refractivity contribution in [2.75, 3.05) is 5.73 Å². The number of aromatic nitrogens is 3. The largest absolute Gasteiger partial charge is 0.398 e. The van der Waals surface area contributed by atoms with Crippen LogP contribution in [0.1, 0.15) is 0 Å². The second-order valence-corrected chi connectivity index (χ2v) is 4.60. The number of hydrogen-bond acceptors (Lipinski definition) is 3. The van der Waals surface area contributed by atoms with Gasteiger partial charge in [-0.05, 0) is 6.07 Å². The highest BCUT2D eigenvalue weighted by Gasteiger charge is 2.16. The van der Waals surface area contributed by atoms with E-state index in [0.29, 0.717) is 17.2 Å². The summed E-state index contributed by atoms with van der Waals surface area (Å²) in [5.74, 6) is -1.08. The Morgan fingerprint density at radius 1 is 1.05 bits per heavy atom. The van der Waals surface area contributed by atoms with Crippen LogP contribution in [-0.4, -0.2) is 14.8 Å². The van der Waals surface area contributed by atoms with E-state index in [4.69, 9.17) is 5.73 Å². The molecule has 3 aromatic rings. The van der Waals surface area contributed by atoms with Crippen LogP contribution in [-0.2, 0) is 7.05 Å². The first-order valence-electron chi connectivity index (χ1n) is 6.27. The molecule has 0 aliphatic carbocycles. The molecule has 2 aromatic carbocycles. The van der Waals surface area contributed by atoms with Gasteiger partial charge in [0.25, 0.3) is 0 Å². The van der Waals surface area contributed by atoms with Crippen molar-refractivity contribution in [2.45, 2.75) is 0 Å². The number of rotatable bonds is 2. The molecule has 4 nitrogen and oxygen atoms in total. The molecule has 106 valence electrons. The summed E-state index contributed by atoms with van der Waals surface area (Å²) in [6, 6.07) is 11.3. The SMILES string of the molecule is Cn1nc(-c2ccccc2)nc1-c1cc(F)c(F)cc1N. The minimum Gasteiger partial charge on any atom is -0.398 e. The van der Waals surface area contributed by atoms with Crippen LogP contribution >= 0.6 is 0 Å². The molecule has 6 heteroatoms. The van der Waals surface area contributed by atoms with Gasteiger partial charge in [-0.25, -0.2) is 18.4 Å². The van der Waals surface area contributed by atoms with E-state index in [0.717, 1.165) is 17.7 Å². The fraction of sp³-hybridized carbons (Fsp3) is 0.0667. The number of nitrogen functional groups attached to an aromatic ring is 1. The molecule has 0 saturated heterocycles. The van der Waals surface area contributed by atoms with Crippen LogP contribution in [0.15, 0.2) is 42.5 Å². The number of anilines is 1. The summed E-state index contributed by atoms with van der Waals surface area (Å²) in [4.78, 5) is 4.36. The van der Waals surface area contributed by atoms with Gasteiger partial charge in [0.05, 0.1) is 0 Å². The zero-order valence-corrected chi connectivity index (χ0v) is 11.2. The molecule has 21 heavy (non-hydrogen) atoms. The average molecular weight is 286 g/mol. The van der Waals surface area contributed by atoms with Gasteiger partial charge in [-0.1, -0.05) is 30.3 Å². The third kappa shape index (κ3) is 2.35. The lowest BCUT2D eigenvalue weighted by Crippen LogP contribution is -2.00. The van der Waals surface area contributed by atoms with Gasteiger partial charge in [0.2, 0.25) is 0 Å². The number of hydrogen-bond donors (Lipinski definition) is 1. The summed E-state index contributed by atoms with van der Waals surface area (Å²) in [6.07, 6.45) is 0. The van der Waals surface area contributed by atoms with Gasteiger partial charge in [-0.15, -0.1) is 0 Å². The molecule has 0 radical (unpaired) electrons. The van der Waals surface area contributed by atoms with Crippen LogP contribution in [0.2, 0.25) is 0 Å². The normalized spacial score (nSPS) is 10.8. The van der Waals surface area contributed by atoms with Crippen LogP contribution < -0.4 is 5.73 Å². The minimum atomic E-state index is -0.985. The number of benzene rings is 2. The zero-order valence-electron chi connectivity index (χ0n) is 11.2. The van der Waals surface area contributed by atoms with Gasteiger partial charge in [-0.3, -0.25) is 0 Å². The third-order valence-corrected chi connectivity index (χ3v) is 3.13. The molecule has 0 spiro atoms. The predicted molar refractivity (Wildman–Crippen MR) is 76.2 cm³/mol. The maximum atomic E-state index is 13.4. The quantitative estimate of drug-likeness (QED) is 0.737. The summed E-state index contributed by atoms with van der Waals surface area (Å²) in [6.45, 7) is 0. The highest BCUT2D eigenvalue weighted by atomic mass is 19.2. The second kappa shape index (κ2) is 4.97. The number of nitrogens with zero attached hydrogens (tertiary/aromatic N) is 3. The summed E-state index contributed by atoms with van der Waals surface area (Å²) in [5.41, 5.74) is 7.01. The maximum absolute atomic E-state index is 13.4. The molecule has 2 N–H and O–H groups in total. The van der Waals surface area contributed by atoms with E-state index in [1.807, 2.05) is 30.3 Å². The molecular formula is C15H12F2N4. The van der Waals surface area contributed by atoms with Crippen LogP contribution in [0, 0.1) is 11.6 Å². The van der Waals surface area contributed by atoms with Gasteiger partial charge in [0, 0.05) is 29.9 Å². The molecule has 0 aliphatic heterocycles. The lowest BCUT2D eigenvalue weighted by Gasteiger charge is -2.05. The Kier molecular flexibility index (Phi) is 3.13. The first-order valence-corrected chi connectivity index (χ1v) is 6.27. The Hall–Kier alpha value is -2.76. The monoisotopic (exact) mass is 286 g/mol. The number of aryl methyl sites for hydroxylation is 1. The summed E-state index contributed by atoms with van der Waals surface area (Å²) < 4.78 is 28.1. The van der Waals surface area contributed by atoms with Crippen molar-refractivity contribution < 1.29 is 8.78 Å². The van der Waals surface area contributed by atoms with E-state index >= 15 is 0 Å². The molecule has 0 bridgehead atoms. The van der Waals surface area contributed by atoms with Gasteiger partial charge in [-0.2, -0.15) is 5.10 Å². The number of nitrogens with two attached hydrogens (primary N) is 1. The summed E-state index contributed by atoms with van der Waals surface area (Å²) >= 11 is 0. The van der Waals surface area contributed by atoms with E-state index in [9.17, 15) is 8.78 Å². The Morgan fingerprint density at radius 3 is 2.43 bits per heavy atom. The smallest absolute Gasteiger partial charge is 0.181 e. The molecule has 3 rings (SSSR count). The van der Waals surface area contributed by atoms with Crippen molar-refractivity contribution in [3.8, 4) is 22.8 Å². The first-order chi connectivity index (χ1) is 10.1. The van der Waals surface area contributed by atoms with Crippen molar-refractivity contribution in [1.29, 1.82) is 0 Å². The van der Waals surface area contributed by atoms with Gasteiger partial charge < -0.3 is 5.73 Å². The van der Waals surface area contributed by atoms with Crippen LogP contribution in [0.4, 0.5) is 14.5 Å². The highest BCUT2D eigenvalue weighted by Crippen LogP contribution is 2.28. The Bertz CT molecular complexity index is 797. The maximum Gasteiger partial charge on any atom is 0.181 e. The van der Waals surface area contributed by atoms with Crippen molar-refractivity contribution >= 4 is 5.69 Å². The first kappa shape index (κ1) is 13.2. The van der Waals surface area contributed by atoms with Crippen molar-refractivity contribution in [3.05, 3.63) is 54.1 Å². The molecule has 1 aromatic heterocycles. The van der Waals surface area contributed by atoms with E-state index in [2.05, 4.69) is 10.1 Å². The van der Waals surface area contributed by atoms with Gasteiger partial charge in [0.15, 0.2) is 23.3 Å². The van der Waals surface area contributed by atoms with E-state index in [1.165, 1.54) is 4.68 Å². The van der Waals surface area contributed by atoms with E-state index in [-0.39, 0.29) is 5.69 Å². The summed E-state index contributed by atoms with van der Waals surface area (Å²) in [7, 11) is 1.68. The topological polar surface area (TPSA) is 56.7 Å². The summed E-state index contributed by atoms with van der Waals surface area (Å²) in [5, 5.41) is 4.28. The lowest BCUT2D eigenvalue weighted by atomic mass is 10.1. The van der Waals surface area contributed by atoms with E-state index < -0.39 is 11.6 Å². The van der Waals surface area contributed by atoms with Crippen LogP contribution in [0.25, 0.3) is 22.8 Å². The molecule has 0 unspecified atom stereocenters. The van der Waals surface area contributed by atoms with Crippen LogP contribution in [0.5, 0.6) is 0 Å². The van der Waals surface area contributed by atoms with Gasteiger partial charge in [0.1, 0.15) is 0 Å². The van der Waals surface area contributed by atoms with Crippen LogP contribution in [0.3, 0.4) is 0 Å². The molecule has 0 amide bonds. The molecular weight excluding hydrogens is 274 g/mol. The number of halogens is 2. The van der Waals surface area contributed by atoms with E-state index in [1.54, 1.807) is 7.05 Å². The predicted octanol–water partition coefficient (Wildman–Crippen LogP) is 3.01. The molecule has 1 heterocycles. The lowest BCUT2D eigenvalue weighted by molar-refractivity contribution is 0.509. The molecule has 0 saturated carbocycles. The second-order valence-electron chi connectivity index (χ2n) is 4.60. The zero-order chi connectivity index (χ0) is 15.0. The van der Waals surface area contributed by atoms with Crippen molar-refractivity contribution in [3.63, 3.8) is 0 Å². The Morgan fingerprint density at radius 2 is 1.71 bits per heavy atom. The van der Waals surface area contributed by atoms with Crippen molar-refractivity contribution in [1.82, 2.24) is 14.8 Å².